The van der Waals surface area contributed by atoms with E-state index in [0.29, 0.717) is 35.0 Å². The van der Waals surface area contributed by atoms with Crippen LogP contribution < -0.4 is 4.74 Å². The number of carboxylic acid groups (broad SMARTS) is 1. The molecule has 3 rings (SSSR count). The summed E-state index contributed by atoms with van der Waals surface area (Å²) in [6, 6.07) is 13.1. The Morgan fingerprint density at radius 2 is 1.58 bits per heavy atom. The summed E-state index contributed by atoms with van der Waals surface area (Å²) < 4.78 is 5.83. The molecular formula is C26H32N2O5. The standard InChI is InChI=1S/C26H32N2O5/c1-6-17(2)16-33-19-13-11-18(12-14-19)22(28(25(31)32)26(3,4)5)15-27-23(29)20-9-7-8-10-21(20)24(27)30/h7-14,17,22H,6,15-16H2,1-5H3,(H,31,32)/t17-,22-/m0/s1. The topological polar surface area (TPSA) is 87.2 Å². The van der Waals surface area contributed by atoms with E-state index in [1.807, 2.05) is 0 Å². The van der Waals surface area contributed by atoms with Crippen LogP contribution in [0.3, 0.4) is 0 Å². The van der Waals surface area contributed by atoms with E-state index < -0.39 is 29.5 Å². The van der Waals surface area contributed by atoms with Gasteiger partial charge < -0.3 is 9.84 Å². The summed E-state index contributed by atoms with van der Waals surface area (Å²) in [5, 5.41) is 10.1. The summed E-state index contributed by atoms with van der Waals surface area (Å²) in [4.78, 5) is 40.7. The zero-order chi connectivity index (χ0) is 24.3. The fraction of sp³-hybridized carbons (Fsp3) is 0.423. The van der Waals surface area contributed by atoms with Crippen LogP contribution in [0, 0.1) is 5.92 Å². The molecule has 0 aromatic heterocycles. The van der Waals surface area contributed by atoms with Crippen LogP contribution in [0.1, 0.15) is 73.4 Å². The molecule has 0 saturated heterocycles. The molecule has 1 aliphatic rings. The van der Waals surface area contributed by atoms with Gasteiger partial charge in [0.25, 0.3) is 11.8 Å². The van der Waals surface area contributed by atoms with Crippen molar-refractivity contribution in [2.24, 2.45) is 5.92 Å². The first-order valence-corrected chi connectivity index (χ1v) is 11.2. The predicted octanol–water partition coefficient (Wildman–Crippen LogP) is 5.23. The molecule has 2 aromatic carbocycles. The van der Waals surface area contributed by atoms with Crippen molar-refractivity contribution in [2.75, 3.05) is 13.2 Å². The third-order valence-electron chi connectivity index (χ3n) is 5.97. The molecule has 0 saturated carbocycles. The molecule has 0 spiro atoms. The molecule has 2 aromatic rings. The Bertz CT molecular complexity index is 991. The quantitative estimate of drug-likeness (QED) is 0.555. The van der Waals surface area contributed by atoms with Gasteiger partial charge in [0.1, 0.15) is 5.75 Å². The maximum Gasteiger partial charge on any atom is 0.408 e. The fourth-order valence-corrected chi connectivity index (χ4v) is 3.94. The lowest BCUT2D eigenvalue weighted by Crippen LogP contribution is -2.51. The van der Waals surface area contributed by atoms with Crippen molar-refractivity contribution in [2.45, 2.75) is 52.6 Å². The summed E-state index contributed by atoms with van der Waals surface area (Å²) in [6.07, 6.45) is -0.110. The van der Waals surface area contributed by atoms with E-state index in [2.05, 4.69) is 13.8 Å². The lowest BCUT2D eigenvalue weighted by atomic mass is 9.97. The van der Waals surface area contributed by atoms with Crippen molar-refractivity contribution < 1.29 is 24.2 Å². The molecule has 176 valence electrons. The highest BCUT2D eigenvalue weighted by Gasteiger charge is 2.41. The van der Waals surface area contributed by atoms with Crippen LogP contribution in [0.5, 0.6) is 5.75 Å². The van der Waals surface area contributed by atoms with E-state index in [-0.39, 0.29) is 6.54 Å². The number of nitrogens with zero attached hydrogens (tertiary/aromatic N) is 2. The molecule has 0 aliphatic carbocycles. The van der Waals surface area contributed by atoms with Gasteiger partial charge in [-0.15, -0.1) is 0 Å². The summed E-state index contributed by atoms with van der Waals surface area (Å²) in [5.41, 5.74) is 0.598. The fourth-order valence-electron chi connectivity index (χ4n) is 3.94. The maximum absolute atomic E-state index is 13.0. The Morgan fingerprint density at radius 3 is 2.03 bits per heavy atom. The van der Waals surface area contributed by atoms with Crippen LogP contribution in [0.4, 0.5) is 4.79 Å². The molecule has 33 heavy (non-hydrogen) atoms. The number of hydrogen-bond donors (Lipinski definition) is 1. The molecule has 7 nitrogen and oxygen atoms in total. The van der Waals surface area contributed by atoms with Crippen molar-refractivity contribution in [3.63, 3.8) is 0 Å². The third kappa shape index (κ3) is 5.18. The number of carbonyl (C=O) groups is 3. The minimum Gasteiger partial charge on any atom is -0.493 e. The molecule has 0 radical (unpaired) electrons. The second-order valence-electron chi connectivity index (χ2n) is 9.50. The smallest absolute Gasteiger partial charge is 0.408 e. The van der Waals surface area contributed by atoms with Crippen LogP contribution in [0.15, 0.2) is 48.5 Å². The molecule has 1 aliphatic heterocycles. The number of amides is 3. The Morgan fingerprint density at radius 1 is 1.03 bits per heavy atom. The minimum absolute atomic E-state index is 0.0804. The van der Waals surface area contributed by atoms with E-state index >= 15 is 0 Å². The third-order valence-corrected chi connectivity index (χ3v) is 5.97. The van der Waals surface area contributed by atoms with Crippen LogP contribution in [-0.2, 0) is 0 Å². The van der Waals surface area contributed by atoms with E-state index in [0.717, 1.165) is 11.3 Å². The Kier molecular flexibility index (Phi) is 7.10. The average Bonchev–Trinajstić information content (AvgIpc) is 3.01. The highest BCUT2D eigenvalue weighted by Crippen LogP contribution is 2.33. The van der Waals surface area contributed by atoms with Crippen molar-refractivity contribution in [3.05, 3.63) is 65.2 Å². The SMILES string of the molecule is CC[C@H](C)COc1ccc([C@H](CN2C(=O)c3ccccc3C2=O)N(C(=O)O)C(C)(C)C)cc1. The number of ether oxygens (including phenoxy) is 1. The van der Waals surface area contributed by atoms with Gasteiger partial charge in [0.15, 0.2) is 0 Å². The highest BCUT2D eigenvalue weighted by molar-refractivity contribution is 6.21. The van der Waals surface area contributed by atoms with Gasteiger partial charge in [-0.1, -0.05) is 44.5 Å². The molecule has 2 atom stereocenters. The molecule has 1 N–H and O–H groups in total. The Labute approximate surface area is 195 Å². The predicted molar refractivity (Wildman–Crippen MR) is 126 cm³/mol. The lowest BCUT2D eigenvalue weighted by molar-refractivity contribution is 0.0427. The molecular weight excluding hydrogens is 420 g/mol. The number of benzene rings is 2. The molecule has 1 heterocycles. The minimum atomic E-state index is -1.12. The number of carbonyl (C=O) groups excluding carboxylic acids is 2. The normalized spacial score (nSPS) is 15.2. The van der Waals surface area contributed by atoms with E-state index in [1.165, 1.54) is 4.90 Å². The zero-order valence-electron chi connectivity index (χ0n) is 19.9. The Hall–Kier alpha value is -3.35. The number of rotatable bonds is 8. The summed E-state index contributed by atoms with van der Waals surface area (Å²) >= 11 is 0. The summed E-state index contributed by atoms with van der Waals surface area (Å²) in [6.45, 7) is 10.1. The molecule has 7 heteroatoms. The van der Waals surface area contributed by atoms with E-state index in [1.54, 1.807) is 69.3 Å². The summed E-state index contributed by atoms with van der Waals surface area (Å²) in [5.74, 6) is 0.299. The van der Waals surface area contributed by atoms with Crippen molar-refractivity contribution in [3.8, 4) is 5.75 Å². The first kappa shape index (κ1) is 24.3. The van der Waals surface area contributed by atoms with Gasteiger partial charge in [0.2, 0.25) is 0 Å². The largest absolute Gasteiger partial charge is 0.493 e. The van der Waals surface area contributed by atoms with Gasteiger partial charge in [-0.2, -0.15) is 0 Å². The maximum atomic E-state index is 13.0. The van der Waals surface area contributed by atoms with Gasteiger partial charge in [-0.25, -0.2) is 4.79 Å². The first-order chi connectivity index (χ1) is 15.5. The second kappa shape index (κ2) is 9.65. The number of fused-ring (bicyclic) bond motifs is 1. The van der Waals surface area contributed by atoms with E-state index in [9.17, 15) is 19.5 Å². The van der Waals surface area contributed by atoms with Gasteiger partial charge in [0.05, 0.1) is 30.3 Å². The van der Waals surface area contributed by atoms with Crippen molar-refractivity contribution in [1.29, 1.82) is 0 Å². The van der Waals surface area contributed by atoms with Crippen molar-refractivity contribution >= 4 is 17.9 Å². The Balaban J connectivity index is 1.94. The van der Waals surface area contributed by atoms with Crippen LogP contribution in [0.2, 0.25) is 0 Å². The molecule has 3 amide bonds. The van der Waals surface area contributed by atoms with Gasteiger partial charge in [-0.3, -0.25) is 19.4 Å². The molecule has 0 fully saturated rings. The number of imide groups is 1. The lowest BCUT2D eigenvalue weighted by Gasteiger charge is -2.41. The molecule has 0 bridgehead atoms. The van der Waals surface area contributed by atoms with Crippen molar-refractivity contribution in [1.82, 2.24) is 9.80 Å². The van der Waals surface area contributed by atoms with Crippen LogP contribution in [0.25, 0.3) is 0 Å². The molecule has 0 unspecified atom stereocenters. The van der Waals surface area contributed by atoms with E-state index in [4.69, 9.17) is 4.74 Å². The highest BCUT2D eigenvalue weighted by atomic mass is 16.5. The zero-order valence-corrected chi connectivity index (χ0v) is 19.9. The van der Waals surface area contributed by atoms with Crippen LogP contribution in [-0.4, -0.2) is 51.5 Å². The monoisotopic (exact) mass is 452 g/mol. The number of hydrogen-bond acceptors (Lipinski definition) is 4. The second-order valence-corrected chi connectivity index (χ2v) is 9.50. The average molecular weight is 453 g/mol. The summed E-state index contributed by atoms with van der Waals surface area (Å²) in [7, 11) is 0. The first-order valence-electron chi connectivity index (χ1n) is 11.2. The van der Waals surface area contributed by atoms with Crippen LogP contribution >= 0.6 is 0 Å². The van der Waals surface area contributed by atoms with Gasteiger partial charge in [-0.05, 0) is 56.5 Å². The van der Waals surface area contributed by atoms with Gasteiger partial charge >= 0.3 is 6.09 Å². The van der Waals surface area contributed by atoms with Gasteiger partial charge in [0, 0.05) is 5.54 Å².